The van der Waals surface area contributed by atoms with Crippen LogP contribution in [0.1, 0.15) is 42.7 Å². The fourth-order valence-corrected chi connectivity index (χ4v) is 5.39. The monoisotopic (exact) mass is 586 g/mol. The van der Waals surface area contributed by atoms with Gasteiger partial charge < -0.3 is 14.4 Å². The lowest BCUT2D eigenvalue weighted by atomic mass is 10.0. The zero-order valence-corrected chi connectivity index (χ0v) is 22.9. The second kappa shape index (κ2) is 11.1. The van der Waals surface area contributed by atoms with Gasteiger partial charge in [-0.05, 0) is 32.0 Å². The Kier molecular flexibility index (Phi) is 7.59. The maximum atomic E-state index is 13.3. The van der Waals surface area contributed by atoms with E-state index in [1.54, 1.807) is 24.0 Å². The molecule has 0 aromatic carbocycles. The minimum Gasteiger partial charge on any atom is -0.494 e. The van der Waals surface area contributed by atoms with E-state index in [4.69, 9.17) is 16.3 Å². The van der Waals surface area contributed by atoms with Gasteiger partial charge in [0.2, 0.25) is 5.88 Å². The van der Waals surface area contributed by atoms with E-state index in [0.717, 1.165) is 4.88 Å². The number of thiazole rings is 1. The second-order valence-corrected chi connectivity index (χ2v) is 10.2. The normalized spacial score (nSPS) is 12.4. The minimum absolute atomic E-state index is 0.222. The molecule has 10 nitrogen and oxygen atoms in total. The first-order chi connectivity index (χ1) is 19.1. The van der Waals surface area contributed by atoms with Crippen LogP contribution in [-0.4, -0.2) is 50.4 Å². The lowest BCUT2D eigenvalue weighted by molar-refractivity contribution is -0.0529. The number of rotatable bonds is 7. The molecule has 206 valence electrons. The highest BCUT2D eigenvalue weighted by Crippen LogP contribution is 2.36. The molecular formula is C26H21ClF2N6O4S. The Morgan fingerprint density at radius 3 is 2.58 bits per heavy atom. The molecule has 0 bridgehead atoms. The summed E-state index contributed by atoms with van der Waals surface area (Å²) < 4.78 is 34.6. The first-order valence-corrected chi connectivity index (χ1v) is 13.0. The number of carbonyl (C=O) groups is 2. The molecule has 0 fully saturated rings. The van der Waals surface area contributed by atoms with Gasteiger partial charge in [0.1, 0.15) is 10.9 Å². The number of halogens is 3. The van der Waals surface area contributed by atoms with Crippen LogP contribution < -0.4 is 14.8 Å². The Morgan fingerprint density at radius 1 is 1.07 bits per heavy atom. The summed E-state index contributed by atoms with van der Waals surface area (Å²) in [5.74, 6) is -0.553. The standard InChI is InChI=1S/C26H21ClF2N6O4S/c1-12-6-15(16-7-21(27)31-9-19(16)38-3)17(8-30-12)23(36)34-26-33-18-10-35(11-20(18)40-26)24(37)14-4-5-22(32-13(14)2)39-25(28)29/h4-9,25H,10-11H2,1-3H3,(H,33,34,36). The molecule has 0 saturated carbocycles. The van der Waals surface area contributed by atoms with Gasteiger partial charge in [0.05, 0.1) is 53.8 Å². The zero-order valence-electron chi connectivity index (χ0n) is 21.4. The minimum atomic E-state index is -3.00. The Bertz CT molecular complexity index is 1610. The highest BCUT2D eigenvalue weighted by atomic mass is 35.5. The molecule has 0 aliphatic carbocycles. The highest BCUT2D eigenvalue weighted by molar-refractivity contribution is 7.16. The van der Waals surface area contributed by atoms with Crippen LogP contribution in [0.5, 0.6) is 11.6 Å². The van der Waals surface area contributed by atoms with Gasteiger partial charge in [0, 0.05) is 29.1 Å². The van der Waals surface area contributed by atoms with Crippen molar-refractivity contribution in [1.82, 2.24) is 24.8 Å². The third kappa shape index (κ3) is 5.56. The number of pyridine rings is 3. The van der Waals surface area contributed by atoms with Gasteiger partial charge in [0.15, 0.2) is 5.13 Å². The summed E-state index contributed by atoms with van der Waals surface area (Å²) in [6, 6.07) is 6.02. The molecule has 0 atom stereocenters. The molecule has 4 aromatic rings. The Balaban J connectivity index is 1.32. The number of methoxy groups -OCH3 is 1. The van der Waals surface area contributed by atoms with E-state index in [9.17, 15) is 18.4 Å². The van der Waals surface area contributed by atoms with Gasteiger partial charge in [-0.2, -0.15) is 8.78 Å². The van der Waals surface area contributed by atoms with Gasteiger partial charge in [-0.1, -0.05) is 22.9 Å². The maximum absolute atomic E-state index is 13.3. The molecule has 14 heteroatoms. The van der Waals surface area contributed by atoms with E-state index in [-0.39, 0.29) is 41.3 Å². The Morgan fingerprint density at radius 2 is 1.88 bits per heavy atom. The van der Waals surface area contributed by atoms with Crippen LogP contribution in [0.15, 0.2) is 36.7 Å². The number of aryl methyl sites for hydroxylation is 2. The smallest absolute Gasteiger partial charge is 0.388 e. The third-order valence-electron chi connectivity index (χ3n) is 6.09. The van der Waals surface area contributed by atoms with Crippen molar-refractivity contribution in [2.45, 2.75) is 33.5 Å². The summed E-state index contributed by atoms with van der Waals surface area (Å²) in [6.45, 7) is 0.851. The van der Waals surface area contributed by atoms with E-state index in [2.05, 4.69) is 30.0 Å². The summed E-state index contributed by atoms with van der Waals surface area (Å²) in [6.07, 6.45) is 2.96. The van der Waals surface area contributed by atoms with Gasteiger partial charge in [-0.3, -0.25) is 19.9 Å². The topological polar surface area (TPSA) is 119 Å². The number of nitrogens with zero attached hydrogens (tertiary/aromatic N) is 5. The molecular weight excluding hydrogens is 566 g/mol. The number of aromatic nitrogens is 4. The fourth-order valence-electron chi connectivity index (χ4n) is 4.25. The van der Waals surface area contributed by atoms with Gasteiger partial charge in [0.25, 0.3) is 11.8 Å². The molecule has 1 N–H and O–H groups in total. The number of anilines is 1. The Hall–Kier alpha value is -4.23. The molecule has 1 aliphatic heterocycles. The van der Waals surface area contributed by atoms with Crippen molar-refractivity contribution in [1.29, 1.82) is 0 Å². The summed E-state index contributed by atoms with van der Waals surface area (Å²) in [5.41, 5.74) is 3.35. The first-order valence-electron chi connectivity index (χ1n) is 11.8. The molecule has 4 aromatic heterocycles. The summed E-state index contributed by atoms with van der Waals surface area (Å²) >= 11 is 7.38. The van der Waals surface area contributed by atoms with Gasteiger partial charge in [-0.15, -0.1) is 0 Å². The summed E-state index contributed by atoms with van der Waals surface area (Å²) in [4.78, 5) is 45.5. The predicted octanol–water partition coefficient (Wildman–Crippen LogP) is 5.28. The second-order valence-electron chi connectivity index (χ2n) is 8.74. The van der Waals surface area contributed by atoms with Crippen LogP contribution in [0.25, 0.3) is 11.1 Å². The number of ether oxygens (including phenoxy) is 2. The number of alkyl halides is 2. The fraction of sp³-hybridized carbons (Fsp3) is 0.231. The van der Waals surface area contributed by atoms with Crippen LogP contribution in [0, 0.1) is 13.8 Å². The van der Waals surface area contributed by atoms with E-state index in [0.29, 0.717) is 39.0 Å². The molecule has 0 radical (unpaired) electrons. The number of hydrogen-bond donors (Lipinski definition) is 1. The average molecular weight is 587 g/mol. The van der Waals surface area contributed by atoms with Gasteiger partial charge in [-0.25, -0.2) is 15.0 Å². The molecule has 5 heterocycles. The number of nitrogens with one attached hydrogen (secondary N) is 1. The Labute approximate surface area is 236 Å². The predicted molar refractivity (Wildman–Crippen MR) is 143 cm³/mol. The van der Waals surface area contributed by atoms with Crippen molar-refractivity contribution in [2.24, 2.45) is 0 Å². The lowest BCUT2D eigenvalue weighted by Crippen LogP contribution is -2.26. The first kappa shape index (κ1) is 27.3. The van der Waals surface area contributed by atoms with Crippen LogP contribution in [-0.2, 0) is 13.1 Å². The molecule has 1 aliphatic rings. The van der Waals surface area contributed by atoms with E-state index < -0.39 is 12.5 Å². The number of carbonyl (C=O) groups excluding carboxylic acids is 2. The number of hydrogen-bond acceptors (Lipinski definition) is 9. The van der Waals surface area contributed by atoms with Crippen molar-refractivity contribution in [3.63, 3.8) is 0 Å². The highest BCUT2D eigenvalue weighted by Gasteiger charge is 2.30. The van der Waals surface area contributed by atoms with Crippen LogP contribution in [0.3, 0.4) is 0 Å². The van der Waals surface area contributed by atoms with Crippen molar-refractivity contribution in [3.8, 4) is 22.8 Å². The van der Waals surface area contributed by atoms with Crippen molar-refractivity contribution < 1.29 is 27.8 Å². The van der Waals surface area contributed by atoms with E-state index in [1.807, 2.05) is 6.92 Å². The largest absolute Gasteiger partial charge is 0.494 e. The SMILES string of the molecule is COc1cnc(Cl)cc1-c1cc(C)ncc1C(=O)Nc1nc2c(s1)CN(C(=O)c1ccc(OC(F)F)nc1C)C2. The number of fused-ring (bicyclic) bond motifs is 1. The molecule has 2 amide bonds. The number of amides is 2. The van der Waals surface area contributed by atoms with Gasteiger partial charge >= 0.3 is 6.61 Å². The quantitative estimate of drug-likeness (QED) is 0.290. The van der Waals surface area contributed by atoms with Crippen LogP contribution in [0.4, 0.5) is 13.9 Å². The molecule has 0 saturated heterocycles. The zero-order chi connectivity index (χ0) is 28.6. The molecule has 5 rings (SSSR count). The summed E-state index contributed by atoms with van der Waals surface area (Å²) in [5, 5.41) is 3.45. The molecule has 40 heavy (non-hydrogen) atoms. The van der Waals surface area contributed by atoms with Crippen molar-refractivity contribution in [2.75, 3.05) is 12.4 Å². The maximum Gasteiger partial charge on any atom is 0.388 e. The molecule has 0 spiro atoms. The van der Waals surface area contributed by atoms with Crippen LogP contribution >= 0.6 is 22.9 Å². The van der Waals surface area contributed by atoms with Crippen LogP contribution in [0.2, 0.25) is 5.15 Å². The van der Waals surface area contributed by atoms with E-state index >= 15 is 0 Å². The van der Waals surface area contributed by atoms with Crippen molar-refractivity contribution in [3.05, 3.63) is 74.9 Å². The summed E-state index contributed by atoms with van der Waals surface area (Å²) in [7, 11) is 1.50. The van der Waals surface area contributed by atoms with Crippen molar-refractivity contribution >= 4 is 39.9 Å². The molecule has 0 unspecified atom stereocenters. The third-order valence-corrected chi connectivity index (χ3v) is 7.30. The lowest BCUT2D eigenvalue weighted by Gasteiger charge is -2.17. The van der Waals surface area contributed by atoms with E-state index in [1.165, 1.54) is 43.0 Å². The average Bonchev–Trinajstić information content (AvgIpc) is 3.47.